The molecule has 0 aliphatic heterocycles. The van der Waals surface area contributed by atoms with Crippen molar-refractivity contribution in [2.75, 3.05) is 0 Å². The third-order valence-electron chi connectivity index (χ3n) is 7.21. The molecule has 8 rings (SSSR count). The number of hydrogen-bond acceptors (Lipinski definition) is 8. The molecule has 0 bridgehead atoms. The zero-order valence-electron chi connectivity index (χ0n) is 23.8. The van der Waals surface area contributed by atoms with Crippen LogP contribution in [-0.4, -0.2) is 29.0 Å². The molecule has 0 atom stereocenters. The van der Waals surface area contributed by atoms with Gasteiger partial charge >= 0.3 is 9.05 Å². The van der Waals surface area contributed by atoms with Crippen LogP contribution in [0.3, 0.4) is 0 Å². The average Bonchev–Trinajstić information content (AvgIpc) is 3.08. The zero-order chi connectivity index (χ0) is 30.1. The molecule has 0 radical (unpaired) electrons. The summed E-state index contributed by atoms with van der Waals surface area (Å²) in [7, 11) is -4.36. The van der Waals surface area contributed by atoms with Gasteiger partial charge in [0.25, 0.3) is 0 Å². The third kappa shape index (κ3) is 5.55. The second-order valence-corrected chi connectivity index (χ2v) is 12.1. The Morgan fingerprint density at radius 1 is 0.289 bits per heavy atom. The van der Waals surface area contributed by atoms with Gasteiger partial charge in [0.2, 0.25) is 23.5 Å². The molecule has 0 unspecified atom stereocenters. The topological polar surface area (TPSA) is 88.5 Å². The van der Waals surface area contributed by atoms with Crippen LogP contribution in [-0.2, 0) is 0 Å². The van der Waals surface area contributed by atoms with Gasteiger partial charge in [0, 0.05) is 21.5 Å². The maximum atomic E-state index is 6.60. The molecule has 4 aromatic carbocycles. The number of nitrogens with zero attached hydrogens (tertiary/aromatic N) is 4. The van der Waals surface area contributed by atoms with Crippen molar-refractivity contribution >= 4 is 52.7 Å². The fourth-order valence-electron chi connectivity index (χ4n) is 5.05. The van der Waals surface area contributed by atoms with Crippen LogP contribution in [0.2, 0.25) is 0 Å². The molecule has 0 spiro atoms. The number of fused-ring (bicyclic) bond motifs is 4. The van der Waals surface area contributed by atoms with Gasteiger partial charge in [-0.2, -0.15) is 0 Å². The first kappa shape index (κ1) is 26.6. The Labute approximate surface area is 259 Å². The molecule has 4 heterocycles. The second-order valence-electron chi connectivity index (χ2n) is 10.3. The van der Waals surface area contributed by atoms with Crippen molar-refractivity contribution in [1.82, 2.24) is 19.9 Å². The van der Waals surface area contributed by atoms with Crippen LogP contribution >= 0.6 is 0 Å². The first-order valence-corrected chi connectivity index (χ1v) is 16.0. The number of rotatable bonds is 8. The van der Waals surface area contributed by atoms with E-state index in [1.165, 1.54) is 0 Å². The van der Waals surface area contributed by atoms with Crippen molar-refractivity contribution < 1.29 is 17.7 Å². The number of benzene rings is 4. The van der Waals surface area contributed by atoms with Gasteiger partial charge in [-0.25, -0.2) is 19.9 Å². The Morgan fingerprint density at radius 3 is 0.800 bits per heavy atom. The van der Waals surface area contributed by atoms with Crippen LogP contribution < -0.4 is 17.7 Å². The maximum absolute atomic E-state index is 6.60. The van der Waals surface area contributed by atoms with E-state index in [1.807, 2.05) is 121 Å². The molecule has 4 aromatic heterocycles. The standard InChI is InChI=1S/C36H24N4O4Si/c1-5-13-29-25(9-1)17-21-33(37-29)41-45(42-34-22-18-26-10-2-6-14-30(26)38-34,43-35-23-19-27-11-3-7-15-31(27)39-35)44-36-24-20-28-12-4-8-16-32(28)40-36/h1-24H. The van der Waals surface area contributed by atoms with E-state index in [1.54, 1.807) is 24.3 Å². The van der Waals surface area contributed by atoms with Crippen molar-refractivity contribution in [2.24, 2.45) is 0 Å². The van der Waals surface area contributed by atoms with Crippen molar-refractivity contribution in [2.45, 2.75) is 0 Å². The molecule has 0 fully saturated rings. The third-order valence-corrected chi connectivity index (χ3v) is 9.05. The molecule has 8 nitrogen and oxygen atoms in total. The first-order chi connectivity index (χ1) is 22.2. The summed E-state index contributed by atoms with van der Waals surface area (Å²) in [5.74, 6) is 1.01. The minimum absolute atomic E-state index is 0.253. The highest BCUT2D eigenvalue weighted by atomic mass is 28.4. The summed E-state index contributed by atoms with van der Waals surface area (Å²) in [6.45, 7) is 0. The molecule has 0 saturated heterocycles. The minimum atomic E-state index is -4.36. The lowest BCUT2D eigenvalue weighted by atomic mass is 10.2. The summed E-state index contributed by atoms with van der Waals surface area (Å²) < 4.78 is 26.4. The molecule has 0 amide bonds. The zero-order valence-corrected chi connectivity index (χ0v) is 24.8. The van der Waals surface area contributed by atoms with Crippen LogP contribution in [0.5, 0.6) is 23.5 Å². The highest BCUT2D eigenvalue weighted by Crippen LogP contribution is 2.28. The summed E-state index contributed by atoms with van der Waals surface area (Å²) in [5, 5.41) is 3.85. The van der Waals surface area contributed by atoms with Crippen LogP contribution in [0.1, 0.15) is 0 Å². The molecule has 8 aromatic rings. The van der Waals surface area contributed by atoms with Gasteiger partial charge in [-0.3, -0.25) is 0 Å². The Balaban J connectivity index is 1.28. The van der Waals surface area contributed by atoms with Gasteiger partial charge in [-0.1, -0.05) is 72.8 Å². The Bertz CT molecular complexity index is 2000. The van der Waals surface area contributed by atoms with E-state index in [4.69, 9.17) is 37.6 Å². The molecule has 216 valence electrons. The summed E-state index contributed by atoms with van der Waals surface area (Å²) >= 11 is 0. The molecule has 0 saturated carbocycles. The predicted molar refractivity (Wildman–Crippen MR) is 175 cm³/mol. The average molecular weight is 605 g/mol. The van der Waals surface area contributed by atoms with E-state index in [9.17, 15) is 0 Å². The summed E-state index contributed by atoms with van der Waals surface area (Å²) in [6.07, 6.45) is 0. The molecule has 0 N–H and O–H groups in total. The van der Waals surface area contributed by atoms with Crippen molar-refractivity contribution in [3.05, 3.63) is 146 Å². The number of para-hydroxylation sites is 4. The van der Waals surface area contributed by atoms with Gasteiger partial charge in [0.05, 0.1) is 22.1 Å². The van der Waals surface area contributed by atoms with E-state index in [0.717, 1.165) is 43.6 Å². The predicted octanol–water partition coefficient (Wildman–Crippen LogP) is 7.93. The smallest absolute Gasteiger partial charge is 0.435 e. The van der Waals surface area contributed by atoms with Gasteiger partial charge in [0.15, 0.2) is 0 Å². The second kappa shape index (κ2) is 11.2. The summed E-state index contributed by atoms with van der Waals surface area (Å²) in [6, 6.07) is 45.8. The quantitative estimate of drug-likeness (QED) is 0.162. The monoisotopic (exact) mass is 604 g/mol. The molecule has 0 aliphatic rings. The van der Waals surface area contributed by atoms with Crippen molar-refractivity contribution in [3.63, 3.8) is 0 Å². The van der Waals surface area contributed by atoms with Gasteiger partial charge < -0.3 is 17.7 Å². The van der Waals surface area contributed by atoms with E-state index in [0.29, 0.717) is 0 Å². The summed E-state index contributed by atoms with van der Waals surface area (Å²) in [4.78, 5) is 19.0. The van der Waals surface area contributed by atoms with Crippen LogP contribution in [0.15, 0.2) is 146 Å². The highest BCUT2D eigenvalue weighted by molar-refractivity contribution is 6.57. The lowest BCUT2D eigenvalue weighted by molar-refractivity contribution is 0.151. The maximum Gasteiger partial charge on any atom is 0.971 e. The van der Waals surface area contributed by atoms with Crippen molar-refractivity contribution in [1.29, 1.82) is 0 Å². The molecular weight excluding hydrogens is 581 g/mol. The Kier molecular flexibility index (Phi) is 6.62. The van der Waals surface area contributed by atoms with E-state index in [2.05, 4.69) is 0 Å². The first-order valence-electron chi connectivity index (χ1n) is 14.4. The number of hydrogen-bond donors (Lipinski definition) is 0. The molecule has 9 heteroatoms. The lowest BCUT2D eigenvalue weighted by Gasteiger charge is -2.27. The Hall–Kier alpha value is -6.06. The van der Waals surface area contributed by atoms with E-state index < -0.39 is 9.05 Å². The van der Waals surface area contributed by atoms with Crippen LogP contribution in [0, 0.1) is 0 Å². The SMILES string of the molecule is c1ccc2nc(O[Si](Oc3ccc4ccccc4n3)(Oc3ccc4ccccc4n3)Oc3ccc4ccccc4n3)ccc2c1. The van der Waals surface area contributed by atoms with E-state index in [-0.39, 0.29) is 23.5 Å². The highest BCUT2D eigenvalue weighted by Gasteiger charge is 2.60. The number of aromatic nitrogens is 4. The minimum Gasteiger partial charge on any atom is -0.435 e. The number of pyridine rings is 4. The largest absolute Gasteiger partial charge is 0.971 e. The van der Waals surface area contributed by atoms with Gasteiger partial charge in [0.1, 0.15) is 0 Å². The van der Waals surface area contributed by atoms with Crippen LogP contribution in [0.25, 0.3) is 43.6 Å². The normalized spacial score (nSPS) is 11.6. The van der Waals surface area contributed by atoms with Crippen LogP contribution in [0.4, 0.5) is 0 Å². The van der Waals surface area contributed by atoms with Gasteiger partial charge in [-0.05, 0) is 72.8 Å². The molecule has 0 aliphatic carbocycles. The lowest BCUT2D eigenvalue weighted by Crippen LogP contribution is -2.61. The molecular formula is C36H24N4O4Si. The fraction of sp³-hybridized carbons (Fsp3) is 0. The van der Waals surface area contributed by atoms with E-state index >= 15 is 0 Å². The van der Waals surface area contributed by atoms with Gasteiger partial charge in [-0.15, -0.1) is 0 Å². The summed E-state index contributed by atoms with van der Waals surface area (Å²) in [5.41, 5.74) is 2.98. The van der Waals surface area contributed by atoms with Crippen molar-refractivity contribution in [3.8, 4) is 23.5 Å². The fourth-order valence-corrected chi connectivity index (χ4v) is 6.78. The molecule has 45 heavy (non-hydrogen) atoms. The Morgan fingerprint density at radius 2 is 0.533 bits per heavy atom.